The summed E-state index contributed by atoms with van der Waals surface area (Å²) in [6, 6.07) is 9.37. The number of carbonyl (C=O) groups is 1. The quantitative estimate of drug-likeness (QED) is 0.226. The minimum Gasteiger partial charge on any atom is -0.506 e. The molecular formula is C21H26N2O9S. The first-order valence-corrected chi connectivity index (χ1v) is 12.0. The van der Waals surface area contributed by atoms with Crippen molar-refractivity contribution < 1.29 is 42.7 Å². The number of nitrogens with one attached hydrogen (secondary N) is 2. The number of sulfonamides is 1. The molecule has 0 saturated heterocycles. The molecule has 0 amide bonds. The molecule has 0 unspecified atom stereocenters. The van der Waals surface area contributed by atoms with Crippen LogP contribution in [0, 0.1) is 0 Å². The second kappa shape index (κ2) is 10.6. The Bertz CT molecular complexity index is 1090. The third kappa shape index (κ3) is 7.41. The molecule has 5 N–H and O–H groups in total. The molecule has 2 atom stereocenters. The summed E-state index contributed by atoms with van der Waals surface area (Å²) in [6.45, 7) is 0.737. The SMILES string of the molecule is CS(=O)(=O)Nc1cc(OC[C@@H](O)CNCCc2ccc3c(c2)OC[C@H](C(=O)O)O3)ccc1O. The number of aromatic hydroxyl groups is 1. The number of carboxylic acids is 1. The number of benzene rings is 2. The molecule has 0 aliphatic carbocycles. The van der Waals surface area contributed by atoms with E-state index in [2.05, 4.69) is 10.0 Å². The Labute approximate surface area is 191 Å². The summed E-state index contributed by atoms with van der Waals surface area (Å²) in [6.07, 6.45) is -0.226. The Balaban J connectivity index is 1.40. The summed E-state index contributed by atoms with van der Waals surface area (Å²) >= 11 is 0. The average molecular weight is 483 g/mol. The van der Waals surface area contributed by atoms with Gasteiger partial charge in [-0.1, -0.05) is 6.07 Å². The number of carboxylic acid groups (broad SMARTS) is 1. The van der Waals surface area contributed by atoms with Gasteiger partial charge in [-0.3, -0.25) is 4.72 Å². The highest BCUT2D eigenvalue weighted by atomic mass is 32.2. The fraction of sp³-hybridized carbons (Fsp3) is 0.381. The average Bonchev–Trinajstić information content (AvgIpc) is 2.75. The van der Waals surface area contributed by atoms with Crippen LogP contribution < -0.4 is 24.2 Å². The van der Waals surface area contributed by atoms with Crippen LogP contribution in [0.3, 0.4) is 0 Å². The molecule has 0 radical (unpaired) electrons. The maximum Gasteiger partial charge on any atom is 0.348 e. The third-order valence-electron chi connectivity index (χ3n) is 4.62. The van der Waals surface area contributed by atoms with E-state index in [9.17, 15) is 23.4 Å². The van der Waals surface area contributed by atoms with Crippen molar-refractivity contribution in [3.05, 3.63) is 42.0 Å². The molecule has 1 aliphatic rings. The van der Waals surface area contributed by atoms with Gasteiger partial charge in [-0.05, 0) is 42.8 Å². The highest BCUT2D eigenvalue weighted by Crippen LogP contribution is 2.33. The molecule has 11 nitrogen and oxygen atoms in total. The zero-order valence-electron chi connectivity index (χ0n) is 17.9. The van der Waals surface area contributed by atoms with Crippen molar-refractivity contribution >= 4 is 21.7 Å². The minimum absolute atomic E-state index is 0.0134. The largest absolute Gasteiger partial charge is 0.506 e. The second-order valence-electron chi connectivity index (χ2n) is 7.51. The minimum atomic E-state index is -3.56. The lowest BCUT2D eigenvalue weighted by Gasteiger charge is -2.24. The van der Waals surface area contributed by atoms with Gasteiger partial charge in [0.05, 0.1) is 11.9 Å². The van der Waals surface area contributed by atoms with E-state index in [1.54, 1.807) is 12.1 Å². The summed E-state index contributed by atoms with van der Waals surface area (Å²) in [7, 11) is -3.56. The van der Waals surface area contributed by atoms with Gasteiger partial charge in [-0.2, -0.15) is 0 Å². The van der Waals surface area contributed by atoms with Crippen molar-refractivity contribution in [2.24, 2.45) is 0 Å². The van der Waals surface area contributed by atoms with Gasteiger partial charge >= 0.3 is 5.97 Å². The van der Waals surface area contributed by atoms with Crippen LogP contribution >= 0.6 is 0 Å². The van der Waals surface area contributed by atoms with Crippen molar-refractivity contribution in [1.29, 1.82) is 0 Å². The molecule has 0 fully saturated rings. The lowest BCUT2D eigenvalue weighted by Crippen LogP contribution is -2.36. The Morgan fingerprint density at radius 3 is 2.76 bits per heavy atom. The van der Waals surface area contributed by atoms with Crippen molar-refractivity contribution in [3.63, 3.8) is 0 Å². The second-order valence-corrected chi connectivity index (χ2v) is 9.26. The number of aliphatic hydroxyl groups excluding tert-OH is 1. The fourth-order valence-corrected chi connectivity index (χ4v) is 3.59. The first-order valence-electron chi connectivity index (χ1n) is 10.1. The number of anilines is 1. The van der Waals surface area contributed by atoms with E-state index >= 15 is 0 Å². The Morgan fingerprint density at radius 1 is 1.24 bits per heavy atom. The molecule has 0 aromatic heterocycles. The van der Waals surface area contributed by atoms with Crippen LogP contribution in [0.2, 0.25) is 0 Å². The summed E-state index contributed by atoms with van der Waals surface area (Å²) in [5.74, 6) is -0.137. The predicted octanol–water partition coefficient (Wildman–Crippen LogP) is 0.560. The van der Waals surface area contributed by atoms with Gasteiger partial charge in [0, 0.05) is 12.6 Å². The zero-order valence-corrected chi connectivity index (χ0v) is 18.7. The molecule has 0 spiro atoms. The number of ether oxygens (including phenoxy) is 3. The van der Waals surface area contributed by atoms with Crippen molar-refractivity contribution in [2.45, 2.75) is 18.6 Å². The number of rotatable bonds is 11. The number of aliphatic carboxylic acids is 1. The van der Waals surface area contributed by atoms with E-state index in [-0.39, 0.29) is 31.2 Å². The summed E-state index contributed by atoms with van der Waals surface area (Å²) in [4.78, 5) is 11.0. The van der Waals surface area contributed by atoms with E-state index in [0.717, 1.165) is 11.8 Å². The Kier molecular flexibility index (Phi) is 7.84. The summed E-state index contributed by atoms with van der Waals surface area (Å²) < 4.78 is 41.2. The van der Waals surface area contributed by atoms with Crippen LogP contribution in [0.5, 0.6) is 23.0 Å². The van der Waals surface area contributed by atoms with Gasteiger partial charge in [-0.15, -0.1) is 0 Å². The first kappa shape index (κ1) is 24.4. The fourth-order valence-electron chi connectivity index (χ4n) is 3.03. The molecule has 1 heterocycles. The normalized spacial score (nSPS) is 16.1. The zero-order chi connectivity index (χ0) is 24.0. The van der Waals surface area contributed by atoms with Crippen molar-refractivity contribution in [2.75, 3.05) is 37.3 Å². The molecule has 2 aromatic carbocycles. The highest BCUT2D eigenvalue weighted by molar-refractivity contribution is 7.92. The maximum atomic E-state index is 11.3. The van der Waals surface area contributed by atoms with E-state index in [0.29, 0.717) is 30.2 Å². The number of hydrogen-bond acceptors (Lipinski definition) is 9. The lowest BCUT2D eigenvalue weighted by molar-refractivity contribution is -0.147. The number of aliphatic hydroxyl groups is 1. The molecule has 33 heavy (non-hydrogen) atoms. The van der Waals surface area contributed by atoms with Crippen molar-refractivity contribution in [3.8, 4) is 23.0 Å². The molecule has 0 saturated carbocycles. The van der Waals surface area contributed by atoms with Crippen LogP contribution in [0.15, 0.2) is 36.4 Å². The molecule has 2 aromatic rings. The van der Waals surface area contributed by atoms with Gasteiger partial charge in [0.1, 0.15) is 30.8 Å². The Morgan fingerprint density at radius 2 is 2.03 bits per heavy atom. The Hall–Kier alpha value is -3.22. The predicted molar refractivity (Wildman–Crippen MR) is 119 cm³/mol. The first-order chi connectivity index (χ1) is 15.6. The number of hydrogen-bond donors (Lipinski definition) is 5. The molecule has 180 valence electrons. The molecular weight excluding hydrogens is 456 g/mol. The van der Waals surface area contributed by atoms with Crippen LogP contribution in [0.4, 0.5) is 5.69 Å². The van der Waals surface area contributed by atoms with Gasteiger partial charge in [0.25, 0.3) is 0 Å². The van der Waals surface area contributed by atoms with Crippen LogP contribution in [-0.4, -0.2) is 74.5 Å². The van der Waals surface area contributed by atoms with Gasteiger partial charge in [-0.25, -0.2) is 13.2 Å². The third-order valence-corrected chi connectivity index (χ3v) is 5.21. The van der Waals surface area contributed by atoms with Crippen LogP contribution in [-0.2, 0) is 21.2 Å². The molecule has 3 rings (SSSR count). The van der Waals surface area contributed by atoms with E-state index in [1.165, 1.54) is 18.2 Å². The lowest BCUT2D eigenvalue weighted by atomic mass is 10.1. The van der Waals surface area contributed by atoms with Gasteiger partial charge in [0.2, 0.25) is 16.1 Å². The van der Waals surface area contributed by atoms with E-state index in [1.807, 2.05) is 6.07 Å². The monoisotopic (exact) mass is 482 g/mol. The number of fused-ring (bicyclic) bond motifs is 1. The van der Waals surface area contributed by atoms with Gasteiger partial charge in [0.15, 0.2) is 11.5 Å². The van der Waals surface area contributed by atoms with Gasteiger partial charge < -0.3 is 34.8 Å². The van der Waals surface area contributed by atoms with Crippen LogP contribution in [0.1, 0.15) is 5.56 Å². The van der Waals surface area contributed by atoms with E-state index in [4.69, 9.17) is 19.3 Å². The summed E-state index contributed by atoms with van der Waals surface area (Å²) in [5, 5.41) is 32.0. The number of phenolic OH excluding ortho intramolecular Hbond substituents is 1. The van der Waals surface area contributed by atoms with Crippen molar-refractivity contribution in [1.82, 2.24) is 5.32 Å². The number of phenols is 1. The molecule has 12 heteroatoms. The molecule has 0 bridgehead atoms. The smallest absolute Gasteiger partial charge is 0.348 e. The standard InChI is InChI=1S/C21H26N2O9S/c1-33(28,29)23-16-9-15(3-4-17(16)25)30-11-14(24)10-22-7-6-13-2-5-18-19(8-13)31-12-20(32-18)21(26)27/h2-5,8-9,14,20,22-25H,6-7,10-12H2,1H3,(H,26,27)/t14-,20+/m0/s1. The van der Waals surface area contributed by atoms with Crippen LogP contribution in [0.25, 0.3) is 0 Å². The highest BCUT2D eigenvalue weighted by Gasteiger charge is 2.27. The van der Waals surface area contributed by atoms with E-state index < -0.39 is 28.2 Å². The summed E-state index contributed by atoms with van der Waals surface area (Å²) in [5.41, 5.74) is 0.944. The molecule has 1 aliphatic heterocycles. The maximum absolute atomic E-state index is 11.3. The topological polar surface area (TPSA) is 164 Å².